The summed E-state index contributed by atoms with van der Waals surface area (Å²) < 4.78 is 0. The molecule has 1 heterocycles. The quantitative estimate of drug-likeness (QED) is 0.798. The maximum absolute atomic E-state index is 6.19. The Bertz CT molecular complexity index is 646. The minimum Gasteiger partial charge on any atom is -0.344 e. The van der Waals surface area contributed by atoms with E-state index >= 15 is 0 Å². The molecule has 0 atom stereocenters. The Labute approximate surface area is 141 Å². The molecule has 6 heteroatoms. The highest BCUT2D eigenvalue weighted by molar-refractivity contribution is 6.36. The Hall–Kier alpha value is -1.52. The number of nitrogens with zero attached hydrogens (tertiary/aromatic N) is 3. The Morgan fingerprint density at radius 2 is 1.95 bits per heavy atom. The predicted molar refractivity (Wildman–Crippen MR) is 94.7 cm³/mol. The van der Waals surface area contributed by atoms with Gasteiger partial charge in [-0.1, -0.05) is 36.5 Å². The van der Waals surface area contributed by atoms with Crippen molar-refractivity contribution in [2.75, 3.05) is 23.8 Å². The van der Waals surface area contributed by atoms with Gasteiger partial charge in [0.05, 0.1) is 10.7 Å². The van der Waals surface area contributed by atoms with Gasteiger partial charge in [-0.05, 0) is 31.5 Å². The molecule has 0 unspecified atom stereocenters. The second-order valence-corrected chi connectivity index (χ2v) is 6.06. The maximum Gasteiger partial charge on any atom is 0.227 e. The second kappa shape index (κ2) is 7.65. The number of unbranched alkanes of at least 4 members (excludes halogenated alkanes) is 1. The van der Waals surface area contributed by atoms with Crippen LogP contribution in [0.4, 0.5) is 17.5 Å². The van der Waals surface area contributed by atoms with Gasteiger partial charge in [0, 0.05) is 30.4 Å². The molecule has 0 saturated heterocycles. The molecule has 0 spiro atoms. The van der Waals surface area contributed by atoms with E-state index in [2.05, 4.69) is 27.1 Å². The topological polar surface area (TPSA) is 41.1 Å². The minimum absolute atomic E-state index is 0.560. The van der Waals surface area contributed by atoms with E-state index in [1.165, 1.54) is 0 Å². The first-order chi connectivity index (χ1) is 10.5. The summed E-state index contributed by atoms with van der Waals surface area (Å²) in [5, 5.41) is 4.39. The first-order valence-corrected chi connectivity index (χ1v) is 8.04. The standard InChI is InChI=1S/C16H20Cl2N4/c1-4-5-8-22(3)16-19-11(2)9-15(21-16)20-14-7-6-12(17)10-13(14)18/h6-7,9-10H,4-5,8H2,1-3H3,(H,19,20,21). The molecule has 0 aliphatic carbocycles. The monoisotopic (exact) mass is 338 g/mol. The smallest absolute Gasteiger partial charge is 0.227 e. The normalized spacial score (nSPS) is 10.6. The van der Waals surface area contributed by atoms with Gasteiger partial charge in [-0.15, -0.1) is 0 Å². The lowest BCUT2D eigenvalue weighted by atomic mass is 10.3. The van der Waals surface area contributed by atoms with Crippen LogP contribution in [0.5, 0.6) is 0 Å². The van der Waals surface area contributed by atoms with E-state index in [0.29, 0.717) is 16.0 Å². The van der Waals surface area contributed by atoms with Gasteiger partial charge in [0.1, 0.15) is 5.82 Å². The lowest BCUT2D eigenvalue weighted by Gasteiger charge is -2.18. The van der Waals surface area contributed by atoms with Crippen LogP contribution in [0.25, 0.3) is 0 Å². The Balaban J connectivity index is 2.22. The largest absolute Gasteiger partial charge is 0.344 e. The average molecular weight is 339 g/mol. The van der Waals surface area contributed by atoms with Crippen LogP contribution in [-0.2, 0) is 0 Å². The van der Waals surface area contributed by atoms with Gasteiger partial charge in [0.15, 0.2) is 0 Å². The van der Waals surface area contributed by atoms with Crippen LogP contribution in [0.2, 0.25) is 10.0 Å². The fourth-order valence-corrected chi connectivity index (χ4v) is 2.47. The van der Waals surface area contributed by atoms with Crippen molar-refractivity contribution in [1.29, 1.82) is 0 Å². The van der Waals surface area contributed by atoms with Crippen LogP contribution >= 0.6 is 23.2 Å². The first kappa shape index (κ1) is 16.8. The van der Waals surface area contributed by atoms with Crippen molar-refractivity contribution in [2.45, 2.75) is 26.7 Å². The summed E-state index contributed by atoms with van der Waals surface area (Å²) in [5.74, 6) is 1.43. The summed E-state index contributed by atoms with van der Waals surface area (Å²) in [6, 6.07) is 7.22. The summed E-state index contributed by atoms with van der Waals surface area (Å²) in [6.07, 6.45) is 2.25. The summed E-state index contributed by atoms with van der Waals surface area (Å²) in [6.45, 7) is 5.05. The molecule has 118 valence electrons. The minimum atomic E-state index is 0.560. The number of rotatable bonds is 6. The van der Waals surface area contributed by atoms with Crippen molar-refractivity contribution in [2.24, 2.45) is 0 Å². The fourth-order valence-electron chi connectivity index (χ4n) is 2.01. The summed E-state index contributed by atoms with van der Waals surface area (Å²) in [5.41, 5.74) is 1.67. The summed E-state index contributed by atoms with van der Waals surface area (Å²) in [7, 11) is 2.00. The van der Waals surface area contributed by atoms with E-state index in [9.17, 15) is 0 Å². The number of benzene rings is 1. The van der Waals surface area contributed by atoms with Crippen LogP contribution in [0.1, 0.15) is 25.5 Å². The molecule has 0 saturated carbocycles. The lowest BCUT2D eigenvalue weighted by molar-refractivity contribution is 0.749. The maximum atomic E-state index is 6.19. The van der Waals surface area contributed by atoms with Crippen molar-refractivity contribution in [1.82, 2.24) is 9.97 Å². The van der Waals surface area contributed by atoms with Crippen LogP contribution in [-0.4, -0.2) is 23.6 Å². The van der Waals surface area contributed by atoms with Gasteiger partial charge in [-0.25, -0.2) is 4.98 Å². The Morgan fingerprint density at radius 1 is 1.18 bits per heavy atom. The van der Waals surface area contributed by atoms with Crippen molar-refractivity contribution >= 4 is 40.7 Å². The van der Waals surface area contributed by atoms with E-state index < -0.39 is 0 Å². The molecule has 1 aromatic carbocycles. The Kier molecular flexibility index (Phi) is 5.86. The zero-order chi connectivity index (χ0) is 16.1. The van der Waals surface area contributed by atoms with Gasteiger partial charge >= 0.3 is 0 Å². The van der Waals surface area contributed by atoms with Gasteiger partial charge in [0.2, 0.25) is 5.95 Å². The van der Waals surface area contributed by atoms with Crippen molar-refractivity contribution < 1.29 is 0 Å². The number of anilines is 3. The zero-order valence-corrected chi connectivity index (χ0v) is 14.5. The predicted octanol–water partition coefficient (Wildman–Crippen LogP) is 5.07. The third-order valence-electron chi connectivity index (χ3n) is 3.22. The number of aromatic nitrogens is 2. The molecule has 1 aromatic heterocycles. The van der Waals surface area contributed by atoms with E-state index in [4.69, 9.17) is 23.2 Å². The molecule has 2 rings (SSSR count). The summed E-state index contributed by atoms with van der Waals surface area (Å²) in [4.78, 5) is 11.1. The fraction of sp³-hybridized carbons (Fsp3) is 0.375. The van der Waals surface area contributed by atoms with E-state index in [1.54, 1.807) is 12.1 Å². The highest BCUT2D eigenvalue weighted by atomic mass is 35.5. The third-order valence-corrected chi connectivity index (χ3v) is 3.77. The number of halogens is 2. The number of nitrogens with one attached hydrogen (secondary N) is 1. The van der Waals surface area contributed by atoms with Crippen molar-refractivity contribution in [3.63, 3.8) is 0 Å². The van der Waals surface area contributed by atoms with Crippen LogP contribution in [0.15, 0.2) is 24.3 Å². The summed E-state index contributed by atoms with van der Waals surface area (Å²) >= 11 is 12.1. The number of aryl methyl sites for hydroxylation is 1. The molecule has 0 bridgehead atoms. The van der Waals surface area contributed by atoms with Crippen LogP contribution in [0.3, 0.4) is 0 Å². The van der Waals surface area contributed by atoms with E-state index in [0.717, 1.165) is 36.6 Å². The highest BCUT2D eigenvalue weighted by Crippen LogP contribution is 2.28. The molecule has 4 nitrogen and oxygen atoms in total. The average Bonchev–Trinajstić information content (AvgIpc) is 2.47. The Morgan fingerprint density at radius 3 is 2.64 bits per heavy atom. The number of hydrogen-bond donors (Lipinski definition) is 1. The number of hydrogen-bond acceptors (Lipinski definition) is 4. The molecule has 2 aromatic rings. The molecule has 0 aliphatic heterocycles. The molecule has 0 aliphatic rings. The van der Waals surface area contributed by atoms with Gasteiger partial charge in [-0.2, -0.15) is 4.98 Å². The molecule has 22 heavy (non-hydrogen) atoms. The molecule has 0 amide bonds. The SMILES string of the molecule is CCCCN(C)c1nc(C)cc(Nc2ccc(Cl)cc2Cl)n1. The zero-order valence-electron chi connectivity index (χ0n) is 13.0. The van der Waals surface area contributed by atoms with E-state index in [1.807, 2.05) is 26.1 Å². The lowest BCUT2D eigenvalue weighted by Crippen LogP contribution is -2.21. The molecule has 1 N–H and O–H groups in total. The highest BCUT2D eigenvalue weighted by Gasteiger charge is 2.09. The van der Waals surface area contributed by atoms with Crippen molar-refractivity contribution in [3.05, 3.63) is 40.0 Å². The molecule has 0 radical (unpaired) electrons. The van der Waals surface area contributed by atoms with E-state index in [-0.39, 0.29) is 0 Å². The van der Waals surface area contributed by atoms with Crippen molar-refractivity contribution in [3.8, 4) is 0 Å². The van der Waals surface area contributed by atoms with Gasteiger partial charge in [-0.3, -0.25) is 0 Å². The van der Waals surface area contributed by atoms with Crippen LogP contribution < -0.4 is 10.2 Å². The van der Waals surface area contributed by atoms with Gasteiger partial charge < -0.3 is 10.2 Å². The van der Waals surface area contributed by atoms with Crippen LogP contribution in [0, 0.1) is 6.92 Å². The van der Waals surface area contributed by atoms with Gasteiger partial charge in [0.25, 0.3) is 0 Å². The first-order valence-electron chi connectivity index (χ1n) is 7.28. The third kappa shape index (κ3) is 4.49. The molecule has 0 fully saturated rings. The molecular formula is C16H20Cl2N4. The molecular weight excluding hydrogens is 319 g/mol. The second-order valence-electron chi connectivity index (χ2n) is 5.22.